The molecule has 0 aliphatic rings. The second kappa shape index (κ2) is 6.24. The lowest BCUT2D eigenvalue weighted by Crippen LogP contribution is -2.11. The maximum absolute atomic E-state index is 11.0. The Morgan fingerprint density at radius 2 is 2.40 bits per heavy atom. The Morgan fingerprint density at radius 1 is 1.60 bits per heavy atom. The van der Waals surface area contributed by atoms with Gasteiger partial charge in [0.2, 0.25) is 0 Å². The van der Waals surface area contributed by atoms with Gasteiger partial charge in [0, 0.05) is 6.54 Å². The monoisotopic (exact) mass is 228 g/mol. The predicted molar refractivity (Wildman–Crippen MR) is 59.0 cm³/mol. The van der Waals surface area contributed by atoms with Crippen molar-refractivity contribution in [2.24, 2.45) is 0 Å². The van der Waals surface area contributed by atoms with Gasteiger partial charge in [0.05, 0.1) is 13.0 Å². The molecule has 1 N–H and O–H groups in total. The second-order valence-corrected chi connectivity index (χ2v) is 3.21. The molecule has 4 nitrogen and oxygen atoms in total. The molecule has 1 aromatic rings. The minimum absolute atomic E-state index is 0.216. The number of esters is 1. The van der Waals surface area contributed by atoms with Gasteiger partial charge >= 0.3 is 5.97 Å². The van der Waals surface area contributed by atoms with Crippen molar-refractivity contribution >= 4 is 23.4 Å². The van der Waals surface area contributed by atoms with E-state index in [4.69, 9.17) is 16.3 Å². The Kier molecular flexibility index (Phi) is 4.90. The number of carbonyl (C=O) groups is 1. The van der Waals surface area contributed by atoms with Gasteiger partial charge in [-0.1, -0.05) is 17.7 Å². The zero-order valence-electron chi connectivity index (χ0n) is 8.50. The fraction of sp³-hybridized carbons (Fsp3) is 0.400. The van der Waals surface area contributed by atoms with Crippen LogP contribution in [0.3, 0.4) is 0 Å². The number of hydrogen-bond acceptors (Lipinski definition) is 4. The van der Waals surface area contributed by atoms with Crippen LogP contribution in [-0.4, -0.2) is 24.1 Å². The zero-order valence-corrected chi connectivity index (χ0v) is 9.25. The number of aromatic nitrogens is 1. The smallest absolute Gasteiger partial charge is 0.307 e. The van der Waals surface area contributed by atoms with Gasteiger partial charge in [0.1, 0.15) is 11.0 Å². The quantitative estimate of drug-likeness (QED) is 0.620. The van der Waals surface area contributed by atoms with Crippen LogP contribution >= 0.6 is 11.6 Å². The SMILES string of the molecule is CCOC(=O)CCNc1cccc(Cl)n1. The second-order valence-electron chi connectivity index (χ2n) is 2.83. The molecule has 0 amide bonds. The summed E-state index contributed by atoms with van der Waals surface area (Å²) in [6.07, 6.45) is 0.321. The summed E-state index contributed by atoms with van der Waals surface area (Å²) in [6.45, 7) is 2.68. The van der Waals surface area contributed by atoms with E-state index in [0.717, 1.165) is 0 Å². The Labute approximate surface area is 93.6 Å². The molecule has 0 bridgehead atoms. The van der Waals surface area contributed by atoms with Crippen LogP contribution < -0.4 is 5.32 Å². The molecular formula is C10H13ClN2O2. The first-order chi connectivity index (χ1) is 7.22. The van der Waals surface area contributed by atoms with Gasteiger partial charge in [-0.25, -0.2) is 4.98 Å². The maximum atomic E-state index is 11.0. The van der Waals surface area contributed by atoms with Crippen LogP contribution in [-0.2, 0) is 9.53 Å². The minimum Gasteiger partial charge on any atom is -0.466 e. The molecule has 0 atom stereocenters. The third-order valence-electron chi connectivity index (χ3n) is 1.66. The fourth-order valence-corrected chi connectivity index (χ4v) is 1.20. The molecule has 0 aliphatic heterocycles. The molecular weight excluding hydrogens is 216 g/mol. The van der Waals surface area contributed by atoms with E-state index in [1.54, 1.807) is 25.1 Å². The van der Waals surface area contributed by atoms with Gasteiger partial charge in [0.25, 0.3) is 0 Å². The van der Waals surface area contributed by atoms with Gasteiger partial charge in [-0.05, 0) is 19.1 Å². The van der Waals surface area contributed by atoms with Crippen molar-refractivity contribution in [2.75, 3.05) is 18.5 Å². The van der Waals surface area contributed by atoms with Gasteiger partial charge in [0.15, 0.2) is 0 Å². The number of pyridine rings is 1. The molecule has 5 heteroatoms. The average Bonchev–Trinajstić information content (AvgIpc) is 2.18. The van der Waals surface area contributed by atoms with Crippen molar-refractivity contribution in [3.63, 3.8) is 0 Å². The maximum Gasteiger partial charge on any atom is 0.307 e. The first kappa shape index (κ1) is 11.8. The highest BCUT2D eigenvalue weighted by Crippen LogP contribution is 2.08. The van der Waals surface area contributed by atoms with E-state index in [2.05, 4.69) is 10.3 Å². The van der Waals surface area contributed by atoms with Crippen LogP contribution in [0.15, 0.2) is 18.2 Å². The molecule has 1 aromatic heterocycles. The molecule has 0 saturated carbocycles. The number of anilines is 1. The number of nitrogens with one attached hydrogen (secondary N) is 1. The van der Waals surface area contributed by atoms with Crippen LogP contribution in [0, 0.1) is 0 Å². The first-order valence-electron chi connectivity index (χ1n) is 4.74. The normalized spacial score (nSPS) is 9.73. The summed E-state index contributed by atoms with van der Waals surface area (Å²) in [7, 11) is 0. The van der Waals surface area contributed by atoms with Gasteiger partial charge in [-0.2, -0.15) is 0 Å². The van der Waals surface area contributed by atoms with Crippen LogP contribution in [0.2, 0.25) is 5.15 Å². The number of rotatable bonds is 5. The molecule has 0 aromatic carbocycles. The lowest BCUT2D eigenvalue weighted by molar-refractivity contribution is -0.142. The van der Waals surface area contributed by atoms with Crippen LogP contribution in [0.4, 0.5) is 5.82 Å². The molecule has 82 valence electrons. The van der Waals surface area contributed by atoms with Crippen LogP contribution in [0.5, 0.6) is 0 Å². The highest BCUT2D eigenvalue weighted by molar-refractivity contribution is 6.29. The Hall–Kier alpha value is -1.29. The Bertz CT molecular complexity index is 331. The summed E-state index contributed by atoms with van der Waals surface area (Å²) in [5.74, 6) is 0.443. The summed E-state index contributed by atoms with van der Waals surface area (Å²) >= 11 is 5.69. The molecule has 0 radical (unpaired) electrons. The number of ether oxygens (including phenoxy) is 1. The van der Waals surface area contributed by atoms with E-state index in [-0.39, 0.29) is 5.97 Å². The molecule has 1 heterocycles. The van der Waals surface area contributed by atoms with Crippen molar-refractivity contribution in [1.82, 2.24) is 4.98 Å². The molecule has 15 heavy (non-hydrogen) atoms. The first-order valence-corrected chi connectivity index (χ1v) is 5.12. The fourth-order valence-electron chi connectivity index (χ4n) is 1.03. The summed E-state index contributed by atoms with van der Waals surface area (Å²) in [6, 6.07) is 5.27. The molecule has 0 aliphatic carbocycles. The number of carbonyl (C=O) groups excluding carboxylic acids is 1. The van der Waals surface area contributed by atoms with E-state index in [1.165, 1.54) is 0 Å². The molecule has 0 spiro atoms. The van der Waals surface area contributed by atoms with Crippen molar-refractivity contribution in [2.45, 2.75) is 13.3 Å². The summed E-state index contributed by atoms with van der Waals surface area (Å²) in [5, 5.41) is 3.41. The summed E-state index contributed by atoms with van der Waals surface area (Å²) in [4.78, 5) is 15.0. The summed E-state index contributed by atoms with van der Waals surface area (Å²) < 4.78 is 4.78. The third kappa shape index (κ3) is 4.65. The number of hydrogen-bond donors (Lipinski definition) is 1. The number of nitrogens with zero attached hydrogens (tertiary/aromatic N) is 1. The molecule has 0 fully saturated rings. The van der Waals surface area contributed by atoms with Gasteiger partial charge < -0.3 is 10.1 Å². The largest absolute Gasteiger partial charge is 0.466 e. The van der Waals surface area contributed by atoms with Crippen LogP contribution in [0.25, 0.3) is 0 Å². The van der Waals surface area contributed by atoms with Crippen molar-refractivity contribution in [1.29, 1.82) is 0 Å². The highest BCUT2D eigenvalue weighted by atomic mass is 35.5. The summed E-state index contributed by atoms with van der Waals surface area (Å²) in [5.41, 5.74) is 0. The van der Waals surface area contributed by atoms with E-state index >= 15 is 0 Å². The zero-order chi connectivity index (χ0) is 11.1. The van der Waals surface area contributed by atoms with E-state index in [0.29, 0.717) is 30.5 Å². The van der Waals surface area contributed by atoms with Crippen molar-refractivity contribution in [3.8, 4) is 0 Å². The Morgan fingerprint density at radius 3 is 3.07 bits per heavy atom. The minimum atomic E-state index is -0.216. The van der Waals surface area contributed by atoms with Crippen molar-refractivity contribution < 1.29 is 9.53 Å². The standard InChI is InChI=1S/C10H13ClN2O2/c1-2-15-10(14)6-7-12-9-5-3-4-8(11)13-9/h3-5H,2,6-7H2,1H3,(H,12,13). The van der Waals surface area contributed by atoms with Crippen LogP contribution in [0.1, 0.15) is 13.3 Å². The highest BCUT2D eigenvalue weighted by Gasteiger charge is 2.01. The van der Waals surface area contributed by atoms with E-state index < -0.39 is 0 Å². The number of halogens is 1. The van der Waals surface area contributed by atoms with Gasteiger partial charge in [-0.15, -0.1) is 0 Å². The lowest BCUT2D eigenvalue weighted by Gasteiger charge is -2.05. The predicted octanol–water partition coefficient (Wildman–Crippen LogP) is 2.10. The van der Waals surface area contributed by atoms with E-state index in [9.17, 15) is 4.79 Å². The molecule has 1 rings (SSSR count). The van der Waals surface area contributed by atoms with Gasteiger partial charge in [-0.3, -0.25) is 4.79 Å². The Balaban J connectivity index is 2.28. The topological polar surface area (TPSA) is 51.2 Å². The third-order valence-corrected chi connectivity index (χ3v) is 1.87. The molecule has 0 saturated heterocycles. The molecule has 0 unspecified atom stereocenters. The lowest BCUT2D eigenvalue weighted by atomic mass is 10.4. The average molecular weight is 229 g/mol. The van der Waals surface area contributed by atoms with E-state index in [1.807, 2.05) is 0 Å². The van der Waals surface area contributed by atoms with Crippen molar-refractivity contribution in [3.05, 3.63) is 23.4 Å².